The Labute approximate surface area is 234 Å². The lowest BCUT2D eigenvalue weighted by atomic mass is 9.84. The largest absolute Gasteiger partial charge is 0.457 e. The van der Waals surface area contributed by atoms with Gasteiger partial charge in [0.15, 0.2) is 0 Å². The van der Waals surface area contributed by atoms with E-state index in [1.54, 1.807) is 4.90 Å². The predicted molar refractivity (Wildman–Crippen MR) is 153 cm³/mol. The van der Waals surface area contributed by atoms with E-state index >= 15 is 0 Å². The van der Waals surface area contributed by atoms with Gasteiger partial charge in [-0.2, -0.15) is 0 Å². The Bertz CT molecular complexity index is 1420. The van der Waals surface area contributed by atoms with Crippen molar-refractivity contribution in [3.05, 3.63) is 130 Å². The fraction of sp³-hybridized carbons (Fsp3) is 0.242. The maximum atomic E-state index is 13.5. The van der Waals surface area contributed by atoms with Gasteiger partial charge in [-0.05, 0) is 35.4 Å². The van der Waals surface area contributed by atoms with E-state index in [4.69, 9.17) is 21.1 Å². The summed E-state index contributed by atoms with van der Waals surface area (Å²) in [5.41, 5.74) is 4.45. The van der Waals surface area contributed by atoms with Crippen molar-refractivity contribution in [1.29, 1.82) is 0 Å². The van der Waals surface area contributed by atoms with Gasteiger partial charge in [-0.15, -0.1) is 0 Å². The topological polar surface area (TPSA) is 38.8 Å². The number of carbonyl (C=O) groups is 1. The number of amides is 1. The molecule has 2 aliphatic rings. The number of carbonyl (C=O) groups excluding carboxylic acids is 1. The highest BCUT2D eigenvalue weighted by Gasteiger charge is 2.48. The molecule has 3 unspecified atom stereocenters. The molecule has 1 fully saturated rings. The molecule has 39 heavy (non-hydrogen) atoms. The Balaban J connectivity index is 1.22. The van der Waals surface area contributed by atoms with E-state index in [1.807, 2.05) is 91.0 Å². The Hall–Kier alpha value is -3.80. The number of hydrogen-bond acceptors (Lipinski definition) is 3. The normalized spacial score (nSPS) is 21.1. The molecule has 6 rings (SSSR count). The number of benzene rings is 4. The van der Waals surface area contributed by atoms with Gasteiger partial charge in [0, 0.05) is 41.1 Å². The average molecular weight is 540 g/mol. The van der Waals surface area contributed by atoms with Crippen molar-refractivity contribution in [3.63, 3.8) is 0 Å². The van der Waals surface area contributed by atoms with E-state index in [0.717, 1.165) is 41.3 Å². The first-order valence-corrected chi connectivity index (χ1v) is 13.7. The van der Waals surface area contributed by atoms with Crippen molar-refractivity contribution in [2.24, 2.45) is 0 Å². The van der Waals surface area contributed by atoms with Crippen LogP contribution in [0, 0.1) is 0 Å². The molecular formula is C33H32ClN2O3+. The van der Waals surface area contributed by atoms with Crippen LogP contribution >= 0.6 is 11.6 Å². The monoisotopic (exact) mass is 539 g/mol. The maximum absolute atomic E-state index is 13.5. The molecule has 0 aromatic heterocycles. The van der Waals surface area contributed by atoms with Crippen LogP contribution < -0.4 is 4.74 Å². The molecule has 5 nitrogen and oxygen atoms in total. The number of fused-ring (bicyclic) bond motifs is 5. The van der Waals surface area contributed by atoms with Gasteiger partial charge in [-0.3, -0.25) is 9.38 Å². The van der Waals surface area contributed by atoms with E-state index in [9.17, 15) is 4.79 Å². The van der Waals surface area contributed by atoms with Crippen molar-refractivity contribution in [1.82, 2.24) is 4.90 Å². The first kappa shape index (κ1) is 25.5. The van der Waals surface area contributed by atoms with Gasteiger partial charge in [0.25, 0.3) is 0 Å². The van der Waals surface area contributed by atoms with E-state index in [1.165, 1.54) is 5.56 Å². The number of rotatable bonds is 6. The zero-order valence-electron chi connectivity index (χ0n) is 22.0. The molecule has 198 valence electrons. The van der Waals surface area contributed by atoms with E-state index in [-0.39, 0.29) is 17.9 Å². The molecule has 4 aromatic carbocycles. The number of ether oxygens (including phenoxy) is 2. The van der Waals surface area contributed by atoms with Gasteiger partial charge in [0.2, 0.25) is 6.73 Å². The summed E-state index contributed by atoms with van der Waals surface area (Å²) >= 11 is 6.44. The number of halogens is 1. The Morgan fingerprint density at radius 3 is 2.05 bits per heavy atom. The average Bonchev–Trinajstić information content (AvgIpc) is 3.25. The highest BCUT2D eigenvalue weighted by molar-refractivity contribution is 6.30. The predicted octanol–water partition coefficient (Wildman–Crippen LogP) is 7.57. The Morgan fingerprint density at radius 1 is 0.821 bits per heavy atom. The molecule has 1 amide bonds. The minimum absolute atomic E-state index is 0.204. The molecule has 6 heteroatoms. The maximum Gasteiger partial charge on any atom is 0.414 e. The first-order valence-electron chi connectivity index (χ1n) is 13.4. The smallest absolute Gasteiger partial charge is 0.414 e. The first-order chi connectivity index (χ1) is 19.0. The number of quaternary nitrogens is 1. The summed E-state index contributed by atoms with van der Waals surface area (Å²) in [5, 5.41) is 0.701. The summed E-state index contributed by atoms with van der Waals surface area (Å²) in [5.74, 6) is 2.17. The van der Waals surface area contributed by atoms with Crippen molar-refractivity contribution >= 4 is 17.7 Å². The zero-order valence-corrected chi connectivity index (χ0v) is 22.8. The minimum atomic E-state index is -0.304. The Kier molecular flexibility index (Phi) is 7.03. The van der Waals surface area contributed by atoms with Gasteiger partial charge in [0.1, 0.15) is 11.5 Å². The lowest BCUT2D eigenvalue weighted by Gasteiger charge is -2.31. The van der Waals surface area contributed by atoms with E-state index < -0.39 is 0 Å². The highest BCUT2D eigenvalue weighted by Crippen LogP contribution is 2.51. The second-order valence-electron chi connectivity index (χ2n) is 10.9. The third kappa shape index (κ3) is 5.51. The van der Waals surface area contributed by atoms with Crippen molar-refractivity contribution < 1.29 is 18.8 Å². The third-order valence-corrected chi connectivity index (χ3v) is 8.10. The van der Waals surface area contributed by atoms with Crippen LogP contribution in [-0.4, -0.2) is 42.3 Å². The molecule has 0 radical (unpaired) electrons. The molecule has 1 saturated heterocycles. The van der Waals surface area contributed by atoms with Crippen LogP contribution in [0.2, 0.25) is 5.02 Å². The molecule has 0 saturated carbocycles. The van der Waals surface area contributed by atoms with Gasteiger partial charge in [-0.1, -0.05) is 90.5 Å². The standard InChI is InChI=1S/C33H32ClN2O3/c1-36(23-38-33(37)35(19-24-10-4-2-5-11-24)20-25-12-6-3-7-13-25)21-29-27-14-8-9-15-31(27)39-32-17-16-26(34)18-28(32)30(29)22-36/h2-18,29-30H,19-23H2,1H3/q+1. The number of para-hydroxylation sites is 1. The third-order valence-electron chi connectivity index (χ3n) is 7.86. The van der Waals surface area contributed by atoms with Crippen LogP contribution in [0.1, 0.15) is 34.1 Å². The number of likely N-dealkylation sites (tertiary alicyclic amines) is 1. The number of likely N-dealkylation sites (N-methyl/N-ethyl adjacent to an activating group) is 1. The summed E-state index contributed by atoms with van der Waals surface area (Å²) in [6.45, 7) is 2.92. The molecule has 0 spiro atoms. The number of nitrogens with zero attached hydrogens (tertiary/aromatic N) is 2. The van der Waals surface area contributed by atoms with Crippen LogP contribution in [-0.2, 0) is 17.8 Å². The quantitative estimate of drug-likeness (QED) is 0.237. The van der Waals surface area contributed by atoms with Crippen LogP contribution in [0.3, 0.4) is 0 Å². The second kappa shape index (κ2) is 10.8. The fourth-order valence-corrected chi connectivity index (χ4v) is 6.19. The summed E-state index contributed by atoms with van der Waals surface area (Å²) in [6, 6.07) is 34.2. The molecule has 4 aromatic rings. The molecule has 2 aliphatic heterocycles. The van der Waals surface area contributed by atoms with Crippen molar-refractivity contribution in [2.45, 2.75) is 24.9 Å². The Morgan fingerprint density at radius 2 is 1.38 bits per heavy atom. The fourth-order valence-electron chi connectivity index (χ4n) is 6.01. The van der Waals surface area contributed by atoms with Crippen molar-refractivity contribution in [2.75, 3.05) is 26.9 Å². The highest BCUT2D eigenvalue weighted by atomic mass is 35.5. The summed E-state index contributed by atoms with van der Waals surface area (Å²) in [7, 11) is 2.17. The van der Waals surface area contributed by atoms with Gasteiger partial charge >= 0.3 is 6.09 Å². The second-order valence-corrected chi connectivity index (χ2v) is 11.3. The number of hydrogen-bond donors (Lipinski definition) is 0. The van der Waals surface area contributed by atoms with Crippen LogP contribution in [0.4, 0.5) is 4.79 Å². The molecular weight excluding hydrogens is 508 g/mol. The summed E-state index contributed by atoms with van der Waals surface area (Å²) in [6.07, 6.45) is -0.304. The molecule has 0 bridgehead atoms. The van der Waals surface area contributed by atoms with Crippen LogP contribution in [0.15, 0.2) is 103 Å². The summed E-state index contributed by atoms with van der Waals surface area (Å²) < 4.78 is 13.0. The SMILES string of the molecule is C[N+]1(COC(=O)N(Cc2ccccc2)Cc2ccccc2)CC2c3ccccc3Oc3ccc(Cl)cc3C2C1. The molecule has 3 atom stereocenters. The summed E-state index contributed by atoms with van der Waals surface area (Å²) in [4.78, 5) is 15.3. The molecule has 0 aliphatic carbocycles. The molecule has 2 heterocycles. The van der Waals surface area contributed by atoms with Crippen LogP contribution in [0.25, 0.3) is 0 Å². The lowest BCUT2D eigenvalue weighted by molar-refractivity contribution is -0.915. The van der Waals surface area contributed by atoms with Crippen LogP contribution in [0.5, 0.6) is 11.5 Å². The van der Waals surface area contributed by atoms with Gasteiger partial charge < -0.3 is 9.47 Å². The van der Waals surface area contributed by atoms with E-state index in [0.29, 0.717) is 29.3 Å². The molecule has 0 N–H and O–H groups in total. The van der Waals surface area contributed by atoms with E-state index in [2.05, 4.69) is 19.2 Å². The minimum Gasteiger partial charge on any atom is -0.457 e. The van der Waals surface area contributed by atoms with Gasteiger partial charge in [0.05, 0.1) is 20.1 Å². The zero-order chi connectivity index (χ0) is 26.8. The van der Waals surface area contributed by atoms with Crippen molar-refractivity contribution in [3.8, 4) is 11.5 Å². The van der Waals surface area contributed by atoms with Gasteiger partial charge in [-0.25, -0.2) is 4.79 Å². The lowest BCUT2D eigenvalue weighted by Crippen LogP contribution is -2.46.